The van der Waals surface area contributed by atoms with Crippen LogP contribution in [0.25, 0.3) is 21.8 Å². The van der Waals surface area contributed by atoms with Crippen LogP contribution >= 0.6 is 0 Å². The van der Waals surface area contributed by atoms with Gasteiger partial charge in [0.2, 0.25) is 0 Å². The van der Waals surface area contributed by atoms with Gasteiger partial charge in [-0.2, -0.15) is 9.97 Å². The molecule has 2 aromatic heterocycles. The average molecular weight is 480 g/mol. The van der Waals surface area contributed by atoms with E-state index in [1.165, 1.54) is 6.07 Å². The number of nitrogens with zero attached hydrogens (tertiary/aromatic N) is 4. The normalized spacial score (nSPS) is 14.7. The second-order valence-electron chi connectivity index (χ2n) is 8.80. The SMILES string of the molecule is Cc1nc(OCCCCN2CCN(c3cccc4cccc(F)c34)CC2)nc2[nH]c(=O)c(F)cc12. The van der Waals surface area contributed by atoms with Gasteiger partial charge in [-0.3, -0.25) is 9.69 Å². The summed E-state index contributed by atoms with van der Waals surface area (Å²) in [7, 11) is 0. The van der Waals surface area contributed by atoms with Crippen molar-refractivity contribution in [2.45, 2.75) is 19.8 Å². The van der Waals surface area contributed by atoms with E-state index in [0.717, 1.165) is 62.7 Å². The third-order valence-corrected chi connectivity index (χ3v) is 6.48. The summed E-state index contributed by atoms with van der Waals surface area (Å²) >= 11 is 0. The third kappa shape index (κ3) is 4.95. The van der Waals surface area contributed by atoms with Crippen molar-refractivity contribution < 1.29 is 13.5 Å². The first-order valence-corrected chi connectivity index (χ1v) is 11.8. The van der Waals surface area contributed by atoms with Gasteiger partial charge in [-0.05, 0) is 49.9 Å². The van der Waals surface area contributed by atoms with Crippen molar-refractivity contribution in [1.82, 2.24) is 19.9 Å². The zero-order chi connectivity index (χ0) is 24.4. The molecule has 0 saturated carbocycles. The first-order valence-electron chi connectivity index (χ1n) is 11.8. The number of anilines is 1. The molecule has 7 nitrogen and oxygen atoms in total. The van der Waals surface area contributed by atoms with E-state index in [-0.39, 0.29) is 17.5 Å². The monoisotopic (exact) mass is 479 g/mol. The van der Waals surface area contributed by atoms with E-state index < -0.39 is 11.4 Å². The highest BCUT2D eigenvalue weighted by Crippen LogP contribution is 2.30. The first-order chi connectivity index (χ1) is 17.0. The van der Waals surface area contributed by atoms with Crippen LogP contribution in [0.2, 0.25) is 0 Å². The van der Waals surface area contributed by atoms with Gasteiger partial charge in [0.05, 0.1) is 12.3 Å². The van der Waals surface area contributed by atoms with Crippen molar-refractivity contribution in [2.75, 3.05) is 44.2 Å². The first kappa shape index (κ1) is 23.2. The van der Waals surface area contributed by atoms with Gasteiger partial charge in [-0.1, -0.05) is 24.3 Å². The summed E-state index contributed by atoms with van der Waals surface area (Å²) in [5, 5.41) is 2.08. The lowest BCUT2D eigenvalue weighted by molar-refractivity contribution is 0.234. The molecule has 2 aromatic carbocycles. The summed E-state index contributed by atoms with van der Waals surface area (Å²) in [4.78, 5) is 27.1. The summed E-state index contributed by atoms with van der Waals surface area (Å²) in [6, 6.07) is 12.5. The molecule has 182 valence electrons. The Hall–Kier alpha value is -3.59. The van der Waals surface area contributed by atoms with Gasteiger partial charge in [-0.25, -0.2) is 8.78 Å². The minimum Gasteiger partial charge on any atom is -0.463 e. The second-order valence-corrected chi connectivity index (χ2v) is 8.80. The van der Waals surface area contributed by atoms with Crippen molar-refractivity contribution in [3.8, 4) is 6.01 Å². The zero-order valence-electron chi connectivity index (χ0n) is 19.6. The van der Waals surface area contributed by atoms with Gasteiger partial charge < -0.3 is 14.6 Å². The number of nitrogens with one attached hydrogen (secondary N) is 1. The van der Waals surface area contributed by atoms with Gasteiger partial charge in [-0.15, -0.1) is 0 Å². The number of rotatable bonds is 7. The summed E-state index contributed by atoms with van der Waals surface area (Å²) < 4.78 is 33.7. The van der Waals surface area contributed by atoms with Gasteiger partial charge in [0.15, 0.2) is 5.82 Å². The van der Waals surface area contributed by atoms with E-state index in [1.807, 2.05) is 24.3 Å². The van der Waals surface area contributed by atoms with E-state index in [1.54, 1.807) is 13.0 Å². The van der Waals surface area contributed by atoms with Gasteiger partial charge in [0, 0.05) is 42.6 Å². The standard InChI is InChI=1S/C26H27F2N5O2/c1-17-19-16-21(28)25(34)30-24(19)31-26(29-17)35-15-3-2-10-32-11-13-33(14-12-32)22-9-5-7-18-6-4-8-20(27)23(18)22/h4-9,16H,2-3,10-15H2,1H3,(H,29,30,31,34). The molecular weight excluding hydrogens is 452 g/mol. The fourth-order valence-electron chi connectivity index (χ4n) is 4.60. The maximum absolute atomic E-state index is 14.5. The van der Waals surface area contributed by atoms with E-state index in [2.05, 4.69) is 24.8 Å². The number of fused-ring (bicyclic) bond motifs is 2. The molecule has 1 aliphatic heterocycles. The molecule has 3 heterocycles. The quantitative estimate of drug-likeness (QED) is 0.404. The van der Waals surface area contributed by atoms with E-state index in [4.69, 9.17) is 4.74 Å². The number of unbranched alkanes of at least 4 members (excludes halogenated alkanes) is 1. The molecule has 35 heavy (non-hydrogen) atoms. The Morgan fingerprint density at radius 1 is 1.00 bits per heavy atom. The molecule has 0 unspecified atom stereocenters. The maximum Gasteiger partial charge on any atom is 0.318 e. The number of halogens is 2. The fourth-order valence-corrected chi connectivity index (χ4v) is 4.60. The van der Waals surface area contributed by atoms with Crippen LogP contribution < -0.4 is 15.2 Å². The fraction of sp³-hybridized carbons (Fsp3) is 0.346. The Morgan fingerprint density at radius 2 is 1.77 bits per heavy atom. The van der Waals surface area contributed by atoms with Gasteiger partial charge >= 0.3 is 6.01 Å². The van der Waals surface area contributed by atoms with Crippen LogP contribution in [-0.4, -0.2) is 59.2 Å². The summed E-state index contributed by atoms with van der Waals surface area (Å²) in [5.74, 6) is -1.03. The molecule has 0 bridgehead atoms. The molecule has 0 aliphatic carbocycles. The van der Waals surface area contributed by atoms with Crippen molar-refractivity contribution in [2.24, 2.45) is 0 Å². The van der Waals surface area contributed by atoms with E-state index in [0.29, 0.717) is 23.1 Å². The van der Waals surface area contributed by atoms with Gasteiger partial charge in [0.25, 0.3) is 5.56 Å². The van der Waals surface area contributed by atoms with Crippen LogP contribution in [-0.2, 0) is 0 Å². The number of aromatic nitrogens is 3. The van der Waals surface area contributed by atoms with E-state index in [9.17, 15) is 13.6 Å². The lowest BCUT2D eigenvalue weighted by atomic mass is 10.1. The van der Waals surface area contributed by atoms with Crippen LogP contribution in [0.1, 0.15) is 18.5 Å². The molecule has 1 saturated heterocycles. The lowest BCUT2D eigenvalue weighted by Crippen LogP contribution is -2.46. The molecule has 1 aliphatic rings. The molecule has 4 aromatic rings. The Morgan fingerprint density at radius 3 is 2.57 bits per heavy atom. The van der Waals surface area contributed by atoms with E-state index >= 15 is 0 Å². The molecule has 5 rings (SSSR count). The molecule has 0 radical (unpaired) electrons. The van der Waals surface area contributed by atoms with Crippen LogP contribution in [0.5, 0.6) is 6.01 Å². The summed E-state index contributed by atoms with van der Waals surface area (Å²) in [6.07, 6.45) is 1.78. The van der Waals surface area contributed by atoms with Crippen LogP contribution in [0.3, 0.4) is 0 Å². The number of hydrogen-bond donors (Lipinski definition) is 1. The number of aryl methyl sites for hydroxylation is 1. The number of pyridine rings is 1. The predicted octanol–water partition coefficient (Wildman–Crippen LogP) is 4.04. The average Bonchev–Trinajstić information content (AvgIpc) is 2.85. The lowest BCUT2D eigenvalue weighted by Gasteiger charge is -2.36. The van der Waals surface area contributed by atoms with Crippen molar-refractivity contribution in [3.05, 3.63) is 70.1 Å². The Balaban J connectivity index is 1.10. The Labute approximate surface area is 201 Å². The molecule has 1 N–H and O–H groups in total. The Kier molecular flexibility index (Phi) is 6.59. The molecule has 1 fully saturated rings. The summed E-state index contributed by atoms with van der Waals surface area (Å²) in [5.41, 5.74) is 0.961. The minimum atomic E-state index is -0.858. The third-order valence-electron chi connectivity index (χ3n) is 6.48. The highest BCUT2D eigenvalue weighted by molar-refractivity contribution is 5.94. The van der Waals surface area contributed by atoms with Crippen LogP contribution in [0.4, 0.5) is 14.5 Å². The van der Waals surface area contributed by atoms with Crippen LogP contribution in [0.15, 0.2) is 47.3 Å². The number of H-pyrrole nitrogens is 1. The number of piperazine rings is 1. The highest BCUT2D eigenvalue weighted by atomic mass is 19.1. The van der Waals surface area contributed by atoms with Crippen molar-refractivity contribution in [1.29, 1.82) is 0 Å². The van der Waals surface area contributed by atoms with Crippen molar-refractivity contribution in [3.63, 3.8) is 0 Å². The molecule has 0 atom stereocenters. The van der Waals surface area contributed by atoms with Gasteiger partial charge in [0.1, 0.15) is 11.5 Å². The second kappa shape index (κ2) is 9.95. The predicted molar refractivity (Wildman–Crippen MR) is 132 cm³/mol. The molecule has 0 amide bonds. The molecule has 0 spiro atoms. The van der Waals surface area contributed by atoms with Crippen molar-refractivity contribution >= 4 is 27.5 Å². The number of benzene rings is 2. The topological polar surface area (TPSA) is 74.3 Å². The zero-order valence-corrected chi connectivity index (χ0v) is 19.6. The molecule has 9 heteroatoms. The molecular formula is C26H27F2N5O2. The van der Waals surface area contributed by atoms with Crippen LogP contribution in [0, 0.1) is 18.6 Å². The Bertz CT molecular complexity index is 1410. The number of ether oxygens (including phenoxy) is 1. The maximum atomic E-state index is 14.5. The minimum absolute atomic E-state index is 0.174. The smallest absolute Gasteiger partial charge is 0.318 e. The number of hydrogen-bond acceptors (Lipinski definition) is 6. The largest absolute Gasteiger partial charge is 0.463 e. The summed E-state index contributed by atoms with van der Waals surface area (Å²) in [6.45, 7) is 6.67. The highest BCUT2D eigenvalue weighted by Gasteiger charge is 2.19. The number of aromatic amines is 1.